The van der Waals surface area contributed by atoms with Gasteiger partial charge in [0.2, 0.25) is 5.91 Å². The lowest BCUT2D eigenvalue weighted by molar-refractivity contribution is 0.0936. The topological polar surface area (TPSA) is 34.9 Å². The second-order valence-corrected chi connectivity index (χ2v) is 3.80. The maximum atomic E-state index is 11.3. The Hall–Kier alpha value is -2.16. The van der Waals surface area contributed by atoms with Crippen LogP contribution in [-0.4, -0.2) is 15.5 Å². The summed E-state index contributed by atoms with van der Waals surface area (Å²) in [6.45, 7) is 1.55. The molecule has 0 saturated carbocycles. The van der Waals surface area contributed by atoms with E-state index in [9.17, 15) is 4.79 Å². The summed E-state index contributed by atoms with van der Waals surface area (Å²) in [6, 6.07) is 9.82. The summed E-state index contributed by atoms with van der Waals surface area (Å²) >= 11 is 0. The maximum Gasteiger partial charge on any atom is 0.227 e. The highest BCUT2D eigenvalue weighted by atomic mass is 16.1. The number of para-hydroxylation sites is 1. The lowest BCUT2D eigenvalue weighted by Crippen LogP contribution is -2.05. The Morgan fingerprint density at radius 1 is 1.25 bits per heavy atom. The van der Waals surface area contributed by atoms with E-state index in [1.54, 1.807) is 17.7 Å². The van der Waals surface area contributed by atoms with Gasteiger partial charge in [0.25, 0.3) is 0 Å². The van der Waals surface area contributed by atoms with E-state index in [-0.39, 0.29) is 5.91 Å². The zero-order valence-corrected chi connectivity index (χ0v) is 8.84. The lowest BCUT2D eigenvalue weighted by Gasteiger charge is -2.03. The fourth-order valence-corrected chi connectivity index (χ4v) is 1.92. The van der Waals surface area contributed by atoms with Crippen molar-refractivity contribution in [3.05, 3.63) is 42.7 Å². The van der Waals surface area contributed by atoms with Gasteiger partial charge in [-0.1, -0.05) is 18.2 Å². The predicted octanol–water partition coefficient (Wildman–Crippen LogP) is 2.80. The molecule has 3 nitrogen and oxygen atoms in total. The molecule has 1 aromatic rings. The summed E-state index contributed by atoms with van der Waals surface area (Å²) in [5.74, 6) is 0.00665. The van der Waals surface area contributed by atoms with Gasteiger partial charge in [0.05, 0.1) is 11.2 Å². The molecule has 0 N–H and O–H groups in total. The summed E-state index contributed by atoms with van der Waals surface area (Å²) in [6.07, 6.45) is 3.59. The molecule has 0 bridgehead atoms. The van der Waals surface area contributed by atoms with Crippen molar-refractivity contribution in [2.24, 2.45) is 0 Å². The zero-order valence-electron chi connectivity index (χ0n) is 8.84. The first-order valence-electron chi connectivity index (χ1n) is 5.13. The number of benzene rings is 1. The fourth-order valence-electron chi connectivity index (χ4n) is 1.92. The number of aromatic nitrogens is 2. The second kappa shape index (κ2) is 3.17. The summed E-state index contributed by atoms with van der Waals surface area (Å²) in [7, 11) is 0. The third-order valence-corrected chi connectivity index (χ3v) is 2.74. The van der Waals surface area contributed by atoms with Gasteiger partial charge in [0.15, 0.2) is 0 Å². The van der Waals surface area contributed by atoms with Crippen LogP contribution >= 0.6 is 0 Å². The average Bonchev–Trinajstić information content (AvgIpc) is 2.66. The number of nitrogens with zero attached hydrogens (tertiary/aromatic N) is 2. The molecule has 0 atom stereocenters. The summed E-state index contributed by atoms with van der Waals surface area (Å²) in [4.78, 5) is 15.8. The van der Waals surface area contributed by atoms with Crippen LogP contribution in [-0.2, 0) is 0 Å². The fraction of sp³-hybridized carbons (Fsp3) is 0.0769. The minimum atomic E-state index is 0.00665. The van der Waals surface area contributed by atoms with Crippen LogP contribution in [0.15, 0.2) is 42.7 Å². The van der Waals surface area contributed by atoms with E-state index in [4.69, 9.17) is 0 Å². The Balaban J connectivity index is 2.40. The molecule has 2 aliphatic heterocycles. The number of hydrogen-bond donors (Lipinski definition) is 0. The highest BCUT2D eigenvalue weighted by molar-refractivity contribution is 5.97. The van der Waals surface area contributed by atoms with Crippen molar-refractivity contribution in [2.45, 2.75) is 6.92 Å². The van der Waals surface area contributed by atoms with Crippen molar-refractivity contribution in [1.82, 2.24) is 9.55 Å². The summed E-state index contributed by atoms with van der Waals surface area (Å²) in [5, 5.41) is 1.09. The molecule has 0 amide bonds. The predicted molar refractivity (Wildman–Crippen MR) is 62.7 cm³/mol. The molecule has 78 valence electrons. The van der Waals surface area contributed by atoms with Gasteiger partial charge in [-0.2, -0.15) is 0 Å². The smallest absolute Gasteiger partial charge is 0.227 e. The highest BCUT2D eigenvalue weighted by Gasteiger charge is 2.11. The standard InChI is InChI=1S/C13H10N2O/c1-9(16)15-7-6-13-11(8-15)10-4-2-3-5-12(10)14-13/h2-8H,1H3. The monoisotopic (exact) mass is 210 g/mol. The van der Waals surface area contributed by atoms with E-state index in [0.29, 0.717) is 0 Å². The van der Waals surface area contributed by atoms with Crippen molar-refractivity contribution in [3.63, 3.8) is 0 Å². The molecule has 0 aromatic heterocycles. The minimum Gasteiger partial charge on any atom is -0.294 e. The minimum absolute atomic E-state index is 0.00665. The van der Waals surface area contributed by atoms with Gasteiger partial charge in [-0.25, -0.2) is 4.98 Å². The molecule has 0 unspecified atom stereocenters. The van der Waals surface area contributed by atoms with Crippen molar-refractivity contribution in [2.75, 3.05) is 0 Å². The van der Waals surface area contributed by atoms with E-state index in [0.717, 1.165) is 22.2 Å². The molecular formula is C13H10N2O. The molecule has 3 rings (SSSR count). The number of hydrogen-bond acceptors (Lipinski definition) is 2. The first kappa shape index (κ1) is 9.09. The molecule has 0 radical (unpaired) electrons. The van der Waals surface area contributed by atoms with Gasteiger partial charge >= 0.3 is 0 Å². The van der Waals surface area contributed by atoms with Crippen molar-refractivity contribution < 1.29 is 4.79 Å². The van der Waals surface area contributed by atoms with E-state index < -0.39 is 0 Å². The van der Waals surface area contributed by atoms with E-state index in [1.165, 1.54) is 0 Å². The van der Waals surface area contributed by atoms with Crippen molar-refractivity contribution >= 4 is 16.8 Å². The number of rotatable bonds is 0. The van der Waals surface area contributed by atoms with E-state index in [2.05, 4.69) is 4.98 Å². The summed E-state index contributed by atoms with van der Waals surface area (Å²) in [5.41, 5.74) is 2.92. The molecule has 2 aliphatic rings. The molecule has 2 heterocycles. The third-order valence-electron chi connectivity index (χ3n) is 2.74. The van der Waals surface area contributed by atoms with Gasteiger partial charge in [0.1, 0.15) is 0 Å². The molecule has 0 spiro atoms. The van der Waals surface area contributed by atoms with Crippen LogP contribution in [0.3, 0.4) is 0 Å². The molecule has 0 saturated heterocycles. The Kier molecular flexibility index (Phi) is 1.80. The van der Waals surface area contributed by atoms with Crippen molar-refractivity contribution in [3.8, 4) is 11.3 Å². The van der Waals surface area contributed by atoms with Gasteiger partial charge in [-0.05, 0) is 12.1 Å². The maximum absolute atomic E-state index is 11.3. The van der Waals surface area contributed by atoms with Crippen molar-refractivity contribution in [1.29, 1.82) is 0 Å². The third kappa shape index (κ3) is 1.21. The van der Waals surface area contributed by atoms with Crippen LogP contribution in [0.4, 0.5) is 0 Å². The van der Waals surface area contributed by atoms with Gasteiger partial charge in [-0.15, -0.1) is 0 Å². The van der Waals surface area contributed by atoms with Crippen LogP contribution in [0.5, 0.6) is 0 Å². The lowest BCUT2D eigenvalue weighted by atomic mass is 10.1. The number of pyridine rings is 1. The van der Waals surface area contributed by atoms with Crippen LogP contribution in [0.25, 0.3) is 22.2 Å². The SMILES string of the molecule is CC(=O)n1ccc2nc3ccccc3c-2c1. The van der Waals surface area contributed by atoms with Crippen LogP contribution < -0.4 is 0 Å². The largest absolute Gasteiger partial charge is 0.294 e. The van der Waals surface area contributed by atoms with Gasteiger partial charge in [0, 0.05) is 30.3 Å². The first-order valence-corrected chi connectivity index (χ1v) is 5.13. The molecule has 3 heteroatoms. The Morgan fingerprint density at radius 2 is 2.06 bits per heavy atom. The Labute approximate surface area is 92.7 Å². The first-order chi connectivity index (χ1) is 7.75. The quantitative estimate of drug-likeness (QED) is 0.571. The van der Waals surface area contributed by atoms with Gasteiger partial charge < -0.3 is 0 Å². The average molecular weight is 210 g/mol. The second-order valence-electron chi connectivity index (χ2n) is 3.80. The summed E-state index contributed by atoms with van der Waals surface area (Å²) < 4.78 is 1.58. The number of fused-ring (bicyclic) bond motifs is 3. The normalized spacial score (nSPS) is 11.1. The number of carbonyl (C=O) groups is 1. The molecule has 1 aromatic carbocycles. The van der Waals surface area contributed by atoms with E-state index >= 15 is 0 Å². The van der Waals surface area contributed by atoms with Crippen LogP contribution in [0.1, 0.15) is 11.7 Å². The van der Waals surface area contributed by atoms with Crippen LogP contribution in [0, 0.1) is 0 Å². The molecule has 0 fully saturated rings. The Morgan fingerprint density at radius 3 is 2.88 bits per heavy atom. The Bertz CT molecular complexity index is 654. The molecular weight excluding hydrogens is 200 g/mol. The molecule has 16 heavy (non-hydrogen) atoms. The highest BCUT2D eigenvalue weighted by Crippen LogP contribution is 2.29. The van der Waals surface area contributed by atoms with E-state index in [1.807, 2.05) is 36.5 Å². The number of carbonyl (C=O) groups excluding carboxylic acids is 1. The van der Waals surface area contributed by atoms with Gasteiger partial charge in [-0.3, -0.25) is 9.36 Å². The zero-order chi connectivity index (χ0) is 11.1. The van der Waals surface area contributed by atoms with Crippen LogP contribution in [0.2, 0.25) is 0 Å². The molecule has 0 aliphatic carbocycles.